The molecule has 2 saturated heterocycles. The molecule has 0 aliphatic carbocycles. The molecule has 5 heteroatoms. The smallest absolute Gasteiger partial charge is 0.246 e. The molecular formula is C13H21N3O2. The number of carbonyl (C=O) groups excluding carboxylic acids is 2. The third-order valence-corrected chi connectivity index (χ3v) is 3.82. The fourth-order valence-corrected chi connectivity index (χ4v) is 2.71. The van der Waals surface area contributed by atoms with Crippen LogP contribution >= 0.6 is 0 Å². The first-order valence-corrected chi connectivity index (χ1v) is 6.63. The molecule has 0 radical (unpaired) electrons. The van der Waals surface area contributed by atoms with Crippen LogP contribution in [0, 0.1) is 0 Å². The number of nitrogens with zero attached hydrogens (tertiary/aromatic N) is 2. The zero-order chi connectivity index (χ0) is 13.0. The molecule has 0 aromatic heterocycles. The second kappa shape index (κ2) is 6.00. The number of hydrogen-bond acceptors (Lipinski definition) is 3. The van der Waals surface area contributed by atoms with Crippen LogP contribution in [0.25, 0.3) is 0 Å². The molecule has 18 heavy (non-hydrogen) atoms. The van der Waals surface area contributed by atoms with E-state index in [4.69, 9.17) is 0 Å². The van der Waals surface area contributed by atoms with Crippen molar-refractivity contribution in [3.8, 4) is 0 Å². The van der Waals surface area contributed by atoms with Crippen molar-refractivity contribution >= 4 is 11.8 Å². The predicted molar refractivity (Wildman–Crippen MR) is 69.0 cm³/mol. The Hall–Kier alpha value is -1.36. The first-order chi connectivity index (χ1) is 8.70. The van der Waals surface area contributed by atoms with Crippen LogP contribution in [0.15, 0.2) is 12.7 Å². The second-order valence-corrected chi connectivity index (χ2v) is 4.90. The number of nitrogens with one attached hydrogen (secondary N) is 1. The van der Waals surface area contributed by atoms with Gasteiger partial charge < -0.3 is 10.2 Å². The maximum Gasteiger partial charge on any atom is 0.246 e. The molecule has 2 rings (SSSR count). The third kappa shape index (κ3) is 3.10. The van der Waals surface area contributed by atoms with Crippen molar-refractivity contribution in [1.82, 2.24) is 15.1 Å². The Bertz CT molecular complexity index is 335. The van der Waals surface area contributed by atoms with Gasteiger partial charge in [0.15, 0.2) is 0 Å². The van der Waals surface area contributed by atoms with Gasteiger partial charge in [-0.15, -0.1) is 0 Å². The summed E-state index contributed by atoms with van der Waals surface area (Å²) in [4.78, 5) is 27.0. The van der Waals surface area contributed by atoms with Gasteiger partial charge >= 0.3 is 0 Å². The quantitative estimate of drug-likeness (QED) is 0.702. The van der Waals surface area contributed by atoms with Crippen molar-refractivity contribution in [3.05, 3.63) is 12.7 Å². The molecule has 2 amide bonds. The summed E-state index contributed by atoms with van der Waals surface area (Å²) in [5.74, 6) is 0.185. The Labute approximate surface area is 108 Å². The summed E-state index contributed by atoms with van der Waals surface area (Å²) in [5.41, 5.74) is 0. The monoisotopic (exact) mass is 251 g/mol. The van der Waals surface area contributed by atoms with Crippen molar-refractivity contribution < 1.29 is 9.59 Å². The highest BCUT2D eigenvalue weighted by Gasteiger charge is 2.26. The molecule has 0 aromatic carbocycles. The van der Waals surface area contributed by atoms with Crippen LogP contribution in [0.1, 0.15) is 19.3 Å². The highest BCUT2D eigenvalue weighted by molar-refractivity contribution is 5.87. The van der Waals surface area contributed by atoms with Crippen molar-refractivity contribution in [2.75, 3.05) is 32.7 Å². The fraction of sp³-hybridized carbons (Fsp3) is 0.692. The number of piperazine rings is 1. The van der Waals surface area contributed by atoms with Gasteiger partial charge in [-0.25, -0.2) is 0 Å². The molecule has 0 aromatic rings. The topological polar surface area (TPSA) is 52.7 Å². The van der Waals surface area contributed by atoms with E-state index in [-0.39, 0.29) is 11.8 Å². The minimum atomic E-state index is 0.0207. The first kappa shape index (κ1) is 13.1. The maximum absolute atomic E-state index is 11.5. The van der Waals surface area contributed by atoms with Gasteiger partial charge in [-0.05, 0) is 18.9 Å². The van der Waals surface area contributed by atoms with Crippen LogP contribution in [-0.2, 0) is 9.59 Å². The molecule has 5 nitrogen and oxygen atoms in total. The molecule has 0 bridgehead atoms. The van der Waals surface area contributed by atoms with E-state index in [0.717, 1.165) is 45.6 Å². The van der Waals surface area contributed by atoms with Gasteiger partial charge in [0.25, 0.3) is 0 Å². The second-order valence-electron chi connectivity index (χ2n) is 4.90. The van der Waals surface area contributed by atoms with E-state index >= 15 is 0 Å². The van der Waals surface area contributed by atoms with Crippen molar-refractivity contribution in [1.29, 1.82) is 0 Å². The lowest BCUT2D eigenvalue weighted by Gasteiger charge is -2.38. The van der Waals surface area contributed by atoms with E-state index in [1.165, 1.54) is 6.08 Å². The minimum Gasteiger partial charge on any atom is -0.356 e. The molecular weight excluding hydrogens is 230 g/mol. The van der Waals surface area contributed by atoms with Crippen LogP contribution in [-0.4, -0.2) is 60.4 Å². The largest absolute Gasteiger partial charge is 0.356 e. The van der Waals surface area contributed by atoms with Gasteiger partial charge in [-0.2, -0.15) is 0 Å². The molecule has 1 atom stereocenters. The van der Waals surface area contributed by atoms with Crippen LogP contribution in [0.2, 0.25) is 0 Å². The Balaban J connectivity index is 1.83. The summed E-state index contributed by atoms with van der Waals surface area (Å²) in [6, 6.07) is 0.477. The van der Waals surface area contributed by atoms with E-state index in [0.29, 0.717) is 12.5 Å². The average Bonchev–Trinajstić information content (AvgIpc) is 2.63. The van der Waals surface area contributed by atoms with Crippen LogP contribution in [0.3, 0.4) is 0 Å². The average molecular weight is 251 g/mol. The predicted octanol–water partition coefficient (Wildman–Crippen LogP) is -0.0147. The number of rotatable bonds is 2. The lowest BCUT2D eigenvalue weighted by molar-refractivity contribution is -0.128. The molecule has 2 aliphatic rings. The Morgan fingerprint density at radius 1 is 1.28 bits per heavy atom. The molecule has 2 aliphatic heterocycles. The Morgan fingerprint density at radius 2 is 2.00 bits per heavy atom. The summed E-state index contributed by atoms with van der Waals surface area (Å²) in [6.07, 6.45) is 3.95. The molecule has 100 valence electrons. The number of carbonyl (C=O) groups is 2. The maximum atomic E-state index is 11.5. The summed E-state index contributed by atoms with van der Waals surface area (Å²) in [7, 11) is 0. The van der Waals surface area contributed by atoms with Gasteiger partial charge in [0.1, 0.15) is 0 Å². The van der Waals surface area contributed by atoms with E-state index in [1.807, 2.05) is 4.90 Å². The molecule has 2 fully saturated rings. The lowest BCUT2D eigenvalue weighted by Crippen LogP contribution is -2.51. The molecule has 0 saturated carbocycles. The lowest BCUT2D eigenvalue weighted by atomic mass is 10.1. The molecule has 1 unspecified atom stereocenters. The first-order valence-electron chi connectivity index (χ1n) is 6.63. The fourth-order valence-electron chi connectivity index (χ4n) is 2.71. The van der Waals surface area contributed by atoms with E-state index in [2.05, 4.69) is 16.8 Å². The van der Waals surface area contributed by atoms with E-state index in [1.54, 1.807) is 0 Å². The Kier molecular flexibility index (Phi) is 4.36. The van der Waals surface area contributed by atoms with Crippen LogP contribution in [0.4, 0.5) is 0 Å². The van der Waals surface area contributed by atoms with Crippen LogP contribution in [0.5, 0.6) is 0 Å². The summed E-state index contributed by atoms with van der Waals surface area (Å²) in [5, 5.41) is 2.91. The zero-order valence-corrected chi connectivity index (χ0v) is 10.7. The summed E-state index contributed by atoms with van der Waals surface area (Å²) in [6.45, 7) is 7.62. The summed E-state index contributed by atoms with van der Waals surface area (Å²) >= 11 is 0. The third-order valence-electron chi connectivity index (χ3n) is 3.82. The van der Waals surface area contributed by atoms with Crippen molar-refractivity contribution in [2.45, 2.75) is 25.3 Å². The standard InChI is InChI=1S/C13H21N3O2/c1-2-13(18)16-9-7-15(8-10-16)11-3-4-12(17)14-6-5-11/h2,11H,1,3-10H2,(H,14,17). The number of hydrogen-bond donors (Lipinski definition) is 1. The Morgan fingerprint density at radius 3 is 2.67 bits per heavy atom. The van der Waals surface area contributed by atoms with Crippen molar-refractivity contribution in [3.63, 3.8) is 0 Å². The van der Waals surface area contributed by atoms with Gasteiger partial charge in [-0.1, -0.05) is 6.58 Å². The van der Waals surface area contributed by atoms with Gasteiger partial charge in [0, 0.05) is 45.2 Å². The zero-order valence-electron chi connectivity index (χ0n) is 10.7. The summed E-state index contributed by atoms with van der Waals surface area (Å²) < 4.78 is 0. The normalized spacial score (nSPS) is 26.3. The van der Waals surface area contributed by atoms with Crippen molar-refractivity contribution in [2.24, 2.45) is 0 Å². The molecule has 1 N–H and O–H groups in total. The minimum absolute atomic E-state index is 0.0207. The van der Waals surface area contributed by atoms with Crippen LogP contribution < -0.4 is 5.32 Å². The molecule has 0 spiro atoms. The number of amides is 2. The van der Waals surface area contributed by atoms with Gasteiger partial charge in [0.05, 0.1) is 0 Å². The molecule has 2 heterocycles. The highest BCUT2D eigenvalue weighted by Crippen LogP contribution is 2.16. The van der Waals surface area contributed by atoms with E-state index < -0.39 is 0 Å². The van der Waals surface area contributed by atoms with E-state index in [9.17, 15) is 9.59 Å². The van der Waals surface area contributed by atoms with Gasteiger partial charge in [-0.3, -0.25) is 14.5 Å². The highest BCUT2D eigenvalue weighted by atomic mass is 16.2. The SMILES string of the molecule is C=CC(=O)N1CCN(C2CCNC(=O)CC2)CC1. The van der Waals surface area contributed by atoms with Gasteiger partial charge in [0.2, 0.25) is 11.8 Å².